The number of pyridine rings is 1. The lowest BCUT2D eigenvalue weighted by Crippen LogP contribution is -2.35. The molecule has 0 saturated carbocycles. The molecule has 0 aliphatic heterocycles. The van der Waals surface area contributed by atoms with Crippen LogP contribution in [0.5, 0.6) is 0 Å². The van der Waals surface area contributed by atoms with E-state index in [2.05, 4.69) is 9.97 Å². The third kappa shape index (κ3) is 2.95. The molecule has 3 rings (SSSR count). The number of rotatable bonds is 4. The molecular weight excluding hydrogens is 338 g/mol. The Kier molecular flexibility index (Phi) is 4.20. The molecule has 0 bridgehead atoms. The van der Waals surface area contributed by atoms with Crippen LogP contribution in [-0.4, -0.2) is 25.6 Å². The van der Waals surface area contributed by atoms with Gasteiger partial charge >= 0.3 is 5.97 Å². The van der Waals surface area contributed by atoms with E-state index >= 15 is 0 Å². The topological polar surface area (TPSA) is 85.1 Å². The first kappa shape index (κ1) is 17.3. The molecule has 0 fully saturated rings. The summed E-state index contributed by atoms with van der Waals surface area (Å²) < 4.78 is 1.46. The predicted octanol–water partition coefficient (Wildman–Crippen LogP) is 3.25. The Morgan fingerprint density at radius 1 is 1.36 bits per heavy atom. The fourth-order valence-electron chi connectivity index (χ4n) is 2.65. The summed E-state index contributed by atoms with van der Waals surface area (Å²) in [5.74, 6) is -0.518. The van der Waals surface area contributed by atoms with Gasteiger partial charge in [-0.1, -0.05) is 0 Å². The number of hydrogen-bond donors (Lipinski definition) is 1. The predicted molar refractivity (Wildman–Crippen MR) is 98.0 cm³/mol. The molecule has 1 N–H and O–H groups in total. The summed E-state index contributed by atoms with van der Waals surface area (Å²) in [5.41, 5.74) is 0.276. The van der Waals surface area contributed by atoms with Crippen molar-refractivity contribution in [3.8, 4) is 11.4 Å². The molecule has 3 heterocycles. The highest BCUT2D eigenvalue weighted by Crippen LogP contribution is 2.29. The maximum Gasteiger partial charge on any atom is 0.310 e. The van der Waals surface area contributed by atoms with Gasteiger partial charge in [0, 0.05) is 29.4 Å². The highest BCUT2D eigenvalue weighted by atomic mass is 32.1. The molecule has 0 atom stereocenters. The van der Waals surface area contributed by atoms with Crippen LogP contribution in [-0.2, 0) is 11.3 Å². The van der Waals surface area contributed by atoms with E-state index in [1.807, 2.05) is 19.9 Å². The number of fused-ring (bicyclic) bond motifs is 1. The number of carboxylic acids is 1. The van der Waals surface area contributed by atoms with E-state index in [1.54, 1.807) is 32.3 Å². The standard InChI is InChI=1S/C18H19N3O3S/c1-10-11(2)25-15-13(10)16(22)21(9-18(3,4)17(23)24)14(20-15)12-6-5-7-19-8-12/h5-8H,9H2,1-4H3,(H,23,24). The molecule has 0 amide bonds. The van der Waals surface area contributed by atoms with Crippen molar-refractivity contribution in [2.24, 2.45) is 5.41 Å². The first-order valence-electron chi connectivity index (χ1n) is 7.86. The van der Waals surface area contributed by atoms with Crippen LogP contribution in [0.1, 0.15) is 24.3 Å². The molecule has 0 spiro atoms. The highest BCUT2D eigenvalue weighted by Gasteiger charge is 2.30. The molecule has 3 aromatic rings. The largest absolute Gasteiger partial charge is 0.481 e. The van der Waals surface area contributed by atoms with Crippen molar-refractivity contribution in [3.05, 3.63) is 45.3 Å². The minimum atomic E-state index is -1.10. The molecule has 0 aromatic carbocycles. The molecule has 0 aliphatic rings. The van der Waals surface area contributed by atoms with Gasteiger partial charge in [0.15, 0.2) is 0 Å². The lowest BCUT2D eigenvalue weighted by atomic mass is 9.93. The lowest BCUT2D eigenvalue weighted by Gasteiger charge is -2.22. The van der Waals surface area contributed by atoms with E-state index in [9.17, 15) is 14.7 Å². The fourth-order valence-corrected chi connectivity index (χ4v) is 3.67. The van der Waals surface area contributed by atoms with E-state index in [0.29, 0.717) is 21.6 Å². The molecule has 0 aliphatic carbocycles. The Labute approximate surface area is 148 Å². The number of aliphatic carboxylic acids is 1. The normalized spacial score (nSPS) is 11.8. The first-order valence-corrected chi connectivity index (χ1v) is 8.68. The molecule has 130 valence electrons. The lowest BCUT2D eigenvalue weighted by molar-refractivity contribution is -0.147. The zero-order valence-corrected chi connectivity index (χ0v) is 15.3. The first-order chi connectivity index (χ1) is 11.7. The molecule has 0 unspecified atom stereocenters. The maximum absolute atomic E-state index is 13.2. The van der Waals surface area contributed by atoms with Gasteiger partial charge in [0.1, 0.15) is 10.7 Å². The van der Waals surface area contributed by atoms with Gasteiger partial charge in [-0.3, -0.25) is 19.1 Å². The second kappa shape index (κ2) is 6.07. The summed E-state index contributed by atoms with van der Waals surface area (Å²) >= 11 is 1.47. The molecule has 6 nitrogen and oxygen atoms in total. The van der Waals surface area contributed by atoms with Crippen LogP contribution in [0.15, 0.2) is 29.3 Å². The van der Waals surface area contributed by atoms with Gasteiger partial charge in [-0.05, 0) is 45.4 Å². The van der Waals surface area contributed by atoms with Crippen LogP contribution >= 0.6 is 11.3 Å². The Morgan fingerprint density at radius 2 is 2.08 bits per heavy atom. The Hall–Kier alpha value is -2.54. The van der Waals surface area contributed by atoms with Gasteiger partial charge in [-0.2, -0.15) is 0 Å². The Morgan fingerprint density at radius 3 is 2.68 bits per heavy atom. The van der Waals surface area contributed by atoms with Gasteiger partial charge in [0.05, 0.1) is 10.8 Å². The average molecular weight is 357 g/mol. The van der Waals surface area contributed by atoms with E-state index in [0.717, 1.165) is 10.4 Å². The molecule has 0 saturated heterocycles. The van der Waals surface area contributed by atoms with Gasteiger partial charge in [0.25, 0.3) is 5.56 Å². The van der Waals surface area contributed by atoms with Gasteiger partial charge in [0.2, 0.25) is 0 Å². The summed E-state index contributed by atoms with van der Waals surface area (Å²) in [6.07, 6.45) is 3.27. The van der Waals surface area contributed by atoms with Crippen LogP contribution < -0.4 is 5.56 Å². The van der Waals surface area contributed by atoms with Crippen molar-refractivity contribution in [1.29, 1.82) is 0 Å². The summed E-state index contributed by atoms with van der Waals surface area (Å²) in [6.45, 7) is 7.09. The van der Waals surface area contributed by atoms with Crippen molar-refractivity contribution in [3.63, 3.8) is 0 Å². The second-order valence-electron chi connectivity index (χ2n) is 6.72. The van der Waals surface area contributed by atoms with Crippen LogP contribution in [0.25, 0.3) is 21.6 Å². The number of carboxylic acid groups (broad SMARTS) is 1. The maximum atomic E-state index is 13.2. The number of thiophene rings is 1. The number of aryl methyl sites for hydroxylation is 2. The monoisotopic (exact) mass is 357 g/mol. The molecular formula is C18H19N3O3S. The zero-order chi connectivity index (χ0) is 18.4. The van der Waals surface area contributed by atoms with Gasteiger partial charge < -0.3 is 5.11 Å². The van der Waals surface area contributed by atoms with Crippen LogP contribution in [0.4, 0.5) is 0 Å². The van der Waals surface area contributed by atoms with Crippen LogP contribution in [0, 0.1) is 19.3 Å². The Balaban J connectivity index is 2.35. The average Bonchev–Trinajstić information content (AvgIpc) is 2.85. The fraction of sp³-hybridized carbons (Fsp3) is 0.333. The van der Waals surface area contributed by atoms with Gasteiger partial charge in [-0.15, -0.1) is 11.3 Å². The molecule has 25 heavy (non-hydrogen) atoms. The molecule has 3 aromatic heterocycles. The van der Waals surface area contributed by atoms with E-state index in [1.165, 1.54) is 15.9 Å². The summed E-state index contributed by atoms with van der Waals surface area (Å²) in [4.78, 5) is 35.2. The van der Waals surface area contributed by atoms with Crippen LogP contribution in [0.2, 0.25) is 0 Å². The van der Waals surface area contributed by atoms with Crippen molar-refractivity contribution in [2.45, 2.75) is 34.2 Å². The van der Waals surface area contributed by atoms with Crippen molar-refractivity contribution >= 4 is 27.5 Å². The van der Waals surface area contributed by atoms with E-state index in [-0.39, 0.29) is 12.1 Å². The molecule has 0 radical (unpaired) electrons. The van der Waals surface area contributed by atoms with Crippen molar-refractivity contribution in [1.82, 2.24) is 14.5 Å². The van der Waals surface area contributed by atoms with Gasteiger partial charge in [-0.25, -0.2) is 4.98 Å². The third-order valence-corrected chi connectivity index (χ3v) is 5.44. The quantitative estimate of drug-likeness (QED) is 0.775. The minimum Gasteiger partial charge on any atom is -0.481 e. The molecule has 7 heteroatoms. The van der Waals surface area contributed by atoms with Crippen molar-refractivity contribution < 1.29 is 9.90 Å². The Bertz CT molecular complexity index is 1020. The van der Waals surface area contributed by atoms with Crippen molar-refractivity contribution in [2.75, 3.05) is 0 Å². The number of aromatic nitrogens is 3. The van der Waals surface area contributed by atoms with E-state index in [4.69, 9.17) is 0 Å². The smallest absolute Gasteiger partial charge is 0.310 e. The zero-order valence-electron chi connectivity index (χ0n) is 14.5. The van der Waals surface area contributed by atoms with Crippen LogP contribution in [0.3, 0.4) is 0 Å². The number of nitrogens with zero attached hydrogens (tertiary/aromatic N) is 3. The highest BCUT2D eigenvalue weighted by molar-refractivity contribution is 7.18. The number of carbonyl (C=O) groups is 1. The number of hydrogen-bond acceptors (Lipinski definition) is 5. The summed E-state index contributed by atoms with van der Waals surface area (Å²) in [7, 11) is 0. The minimum absolute atomic E-state index is 0.0304. The van der Waals surface area contributed by atoms with E-state index < -0.39 is 11.4 Å². The second-order valence-corrected chi connectivity index (χ2v) is 7.92. The summed E-state index contributed by atoms with van der Waals surface area (Å²) in [6, 6.07) is 3.58. The third-order valence-electron chi connectivity index (χ3n) is 4.34. The SMILES string of the molecule is Cc1sc2nc(-c3cccnc3)n(CC(C)(C)C(=O)O)c(=O)c2c1C. The summed E-state index contributed by atoms with van der Waals surface area (Å²) in [5, 5.41) is 10.0.